The topological polar surface area (TPSA) is 0 Å². The van der Waals surface area contributed by atoms with Crippen molar-refractivity contribution in [3.05, 3.63) is 21.9 Å². The van der Waals surface area contributed by atoms with Gasteiger partial charge in [-0.05, 0) is 47.6 Å². The molecule has 0 amide bonds. The molecule has 0 saturated heterocycles. The number of unbranched alkanes of at least 4 members (excludes halogenated alkanes) is 6. The van der Waals surface area contributed by atoms with E-state index in [1.165, 1.54) is 64.2 Å². The van der Waals surface area contributed by atoms with Crippen molar-refractivity contribution in [2.45, 2.75) is 78.1 Å². The minimum atomic E-state index is 1.26. The average Bonchev–Trinajstić information content (AvgIpc) is 3.48. The molecule has 0 saturated carbocycles. The molecule has 5 aromatic heterocycles. The van der Waals surface area contributed by atoms with Gasteiger partial charge in [0.05, 0.1) is 37.6 Å². The Morgan fingerprint density at radius 1 is 0.483 bits per heavy atom. The molecule has 0 nitrogen and oxygen atoms in total. The highest BCUT2D eigenvalue weighted by molar-refractivity contribution is 7.47. The van der Waals surface area contributed by atoms with E-state index in [9.17, 15) is 0 Å². The lowest BCUT2D eigenvalue weighted by molar-refractivity contribution is 0.669. The zero-order valence-electron chi connectivity index (χ0n) is 17.3. The molecule has 29 heavy (non-hydrogen) atoms. The first-order chi connectivity index (χ1) is 14.3. The Kier molecular flexibility index (Phi) is 6.31. The zero-order valence-corrected chi connectivity index (χ0v) is 21.3. The summed E-state index contributed by atoms with van der Waals surface area (Å²) in [5.41, 5.74) is 3.22. The summed E-state index contributed by atoms with van der Waals surface area (Å²) in [5.74, 6) is 0. The van der Waals surface area contributed by atoms with E-state index in [4.69, 9.17) is 0 Å². The summed E-state index contributed by atoms with van der Waals surface area (Å²) in [6, 6.07) is 0. The van der Waals surface area contributed by atoms with Gasteiger partial charge in [-0.25, -0.2) is 0 Å². The van der Waals surface area contributed by atoms with Crippen molar-refractivity contribution in [1.29, 1.82) is 0 Å². The summed E-state index contributed by atoms with van der Waals surface area (Å²) in [4.78, 5) is 0. The number of thiophene rings is 5. The monoisotopic (exact) mass is 476 g/mol. The highest BCUT2D eigenvalue weighted by Gasteiger charge is 2.21. The van der Waals surface area contributed by atoms with Gasteiger partial charge in [-0.2, -0.15) is 0 Å². The van der Waals surface area contributed by atoms with Crippen LogP contribution in [0.5, 0.6) is 0 Å². The molecule has 0 fully saturated rings. The molecule has 5 rings (SSSR count). The predicted octanol–water partition coefficient (Wildman–Crippen LogP) is 10.9. The van der Waals surface area contributed by atoms with Crippen LogP contribution in [0.4, 0.5) is 0 Å². The van der Waals surface area contributed by atoms with Crippen LogP contribution in [-0.2, 0) is 12.8 Å². The minimum absolute atomic E-state index is 1.26. The predicted molar refractivity (Wildman–Crippen MR) is 142 cm³/mol. The van der Waals surface area contributed by atoms with Gasteiger partial charge in [-0.1, -0.05) is 52.4 Å². The summed E-state index contributed by atoms with van der Waals surface area (Å²) in [6.45, 7) is 4.59. The maximum Gasteiger partial charge on any atom is 0.0651 e. The quantitative estimate of drug-likeness (QED) is 0.176. The van der Waals surface area contributed by atoms with Crippen LogP contribution in [0.3, 0.4) is 0 Å². The molecule has 5 aromatic rings. The summed E-state index contributed by atoms with van der Waals surface area (Å²) < 4.78 is 12.6. The van der Waals surface area contributed by atoms with Crippen molar-refractivity contribution in [1.82, 2.24) is 0 Å². The number of hydrogen-bond acceptors (Lipinski definition) is 5. The maximum absolute atomic E-state index is 2.44. The zero-order chi connectivity index (χ0) is 19.8. The van der Waals surface area contributed by atoms with E-state index in [0.29, 0.717) is 0 Å². The van der Waals surface area contributed by atoms with E-state index in [1.54, 1.807) is 48.7 Å². The first kappa shape index (κ1) is 20.4. The second-order valence-corrected chi connectivity index (χ2v) is 12.9. The molecule has 0 radical (unpaired) electrons. The molecule has 5 heteroatoms. The minimum Gasteiger partial charge on any atom is -0.141 e. The van der Waals surface area contributed by atoms with Crippen LogP contribution in [0.1, 0.15) is 76.3 Å². The van der Waals surface area contributed by atoms with Crippen LogP contribution < -0.4 is 0 Å². The molecule has 0 N–H and O–H groups in total. The van der Waals surface area contributed by atoms with Crippen LogP contribution in [0.15, 0.2) is 10.8 Å². The third-order valence-electron chi connectivity index (χ3n) is 5.88. The SMILES string of the molecule is CCCCCCc1csc2c1sc1c2sc2c3scc(CCCCCC)c3sc21. The molecule has 0 atom stereocenters. The molecular formula is C24H28S5. The Bertz CT molecular complexity index is 1140. The van der Waals surface area contributed by atoms with Crippen molar-refractivity contribution in [3.8, 4) is 0 Å². The van der Waals surface area contributed by atoms with Gasteiger partial charge in [0.15, 0.2) is 0 Å². The summed E-state index contributed by atoms with van der Waals surface area (Å²) in [7, 11) is 0. The van der Waals surface area contributed by atoms with Gasteiger partial charge >= 0.3 is 0 Å². The van der Waals surface area contributed by atoms with Crippen LogP contribution >= 0.6 is 56.7 Å². The number of rotatable bonds is 10. The maximum atomic E-state index is 2.44. The number of aryl methyl sites for hydroxylation is 2. The fourth-order valence-corrected chi connectivity index (χ4v) is 11.6. The normalized spacial score (nSPS) is 12.5. The molecule has 0 unspecified atom stereocenters. The van der Waals surface area contributed by atoms with E-state index in [2.05, 4.69) is 58.6 Å². The van der Waals surface area contributed by atoms with Gasteiger partial charge in [0.25, 0.3) is 0 Å². The van der Waals surface area contributed by atoms with Crippen LogP contribution in [-0.4, -0.2) is 0 Å². The Morgan fingerprint density at radius 2 is 0.897 bits per heavy atom. The first-order valence-corrected chi connectivity index (χ1v) is 15.3. The molecular weight excluding hydrogens is 449 g/mol. The van der Waals surface area contributed by atoms with Gasteiger partial charge in [0.2, 0.25) is 0 Å². The number of hydrogen-bond donors (Lipinski definition) is 0. The van der Waals surface area contributed by atoms with E-state index in [-0.39, 0.29) is 0 Å². The standard InChI is InChI=1S/C24H28S5/c1-3-5-7-9-11-15-13-25-19-17(15)27-23-21(19)29-22-20-18(28-24(22)23)16(14-26-20)12-10-8-6-4-2/h13-14H,3-12H2,1-2H3. The van der Waals surface area contributed by atoms with Crippen molar-refractivity contribution in [3.63, 3.8) is 0 Å². The summed E-state index contributed by atoms with van der Waals surface area (Å²) in [5, 5.41) is 4.88. The average molecular weight is 477 g/mol. The molecule has 0 spiro atoms. The van der Waals surface area contributed by atoms with Crippen molar-refractivity contribution >= 4 is 94.3 Å². The largest absolute Gasteiger partial charge is 0.141 e. The smallest absolute Gasteiger partial charge is 0.0651 e. The molecule has 5 heterocycles. The van der Waals surface area contributed by atoms with Crippen molar-refractivity contribution in [2.24, 2.45) is 0 Å². The summed E-state index contributed by atoms with van der Waals surface area (Å²) >= 11 is 10.2. The summed E-state index contributed by atoms with van der Waals surface area (Å²) in [6.07, 6.45) is 13.4. The van der Waals surface area contributed by atoms with Crippen molar-refractivity contribution in [2.75, 3.05) is 0 Å². The van der Waals surface area contributed by atoms with Gasteiger partial charge in [-0.3, -0.25) is 0 Å². The Morgan fingerprint density at radius 3 is 1.34 bits per heavy atom. The van der Waals surface area contributed by atoms with Gasteiger partial charge in [-0.15, -0.1) is 56.7 Å². The first-order valence-electron chi connectivity index (χ1n) is 11.1. The van der Waals surface area contributed by atoms with Gasteiger partial charge in [0.1, 0.15) is 0 Å². The lowest BCUT2D eigenvalue weighted by Crippen LogP contribution is -1.82. The molecule has 0 aliphatic carbocycles. The molecule has 0 aliphatic rings. The van der Waals surface area contributed by atoms with Crippen LogP contribution in [0.2, 0.25) is 0 Å². The highest BCUT2D eigenvalue weighted by atomic mass is 32.1. The Hall–Kier alpha value is -0.460. The van der Waals surface area contributed by atoms with Crippen molar-refractivity contribution < 1.29 is 0 Å². The Balaban J connectivity index is 1.47. The van der Waals surface area contributed by atoms with E-state index in [1.807, 2.05) is 22.7 Å². The van der Waals surface area contributed by atoms with Crippen LogP contribution in [0.25, 0.3) is 37.6 Å². The fourth-order valence-electron chi connectivity index (χ4n) is 4.22. The van der Waals surface area contributed by atoms with Crippen LogP contribution in [0, 0.1) is 0 Å². The fraction of sp³-hybridized carbons (Fsp3) is 0.500. The third kappa shape index (κ3) is 3.71. The second kappa shape index (κ2) is 8.96. The van der Waals surface area contributed by atoms with Gasteiger partial charge in [0, 0.05) is 0 Å². The van der Waals surface area contributed by atoms with Gasteiger partial charge < -0.3 is 0 Å². The lowest BCUT2D eigenvalue weighted by Gasteiger charge is -1.97. The molecule has 0 bridgehead atoms. The highest BCUT2D eigenvalue weighted by Crippen LogP contribution is 2.53. The third-order valence-corrected chi connectivity index (χ3v) is 12.7. The molecule has 0 aliphatic heterocycles. The van der Waals surface area contributed by atoms with E-state index in [0.717, 1.165) is 0 Å². The molecule has 0 aromatic carbocycles. The molecule has 154 valence electrons. The Labute approximate surface area is 193 Å². The van der Waals surface area contributed by atoms with E-state index >= 15 is 0 Å². The van der Waals surface area contributed by atoms with E-state index < -0.39 is 0 Å². The second-order valence-electron chi connectivity index (χ2n) is 8.08. The lowest BCUT2D eigenvalue weighted by atomic mass is 10.1. The number of fused-ring (bicyclic) bond motifs is 7.